The van der Waals surface area contributed by atoms with Crippen molar-refractivity contribution in [1.82, 2.24) is 0 Å². The van der Waals surface area contributed by atoms with Gasteiger partial charge in [0.2, 0.25) is 0 Å². The number of hydrogen-bond acceptors (Lipinski definition) is 2. The van der Waals surface area contributed by atoms with Crippen molar-refractivity contribution < 1.29 is 15.0 Å². The Labute approximate surface area is 168 Å². The molecule has 0 fully saturated rings. The Kier molecular flexibility index (Phi) is 20.4. The summed E-state index contributed by atoms with van der Waals surface area (Å²) in [6, 6.07) is 0. The lowest BCUT2D eigenvalue weighted by Gasteiger charge is -2.07. The van der Waals surface area contributed by atoms with Gasteiger partial charge in [-0.2, -0.15) is 0 Å². The number of aliphatic hydroxyl groups excluding tert-OH is 1. The first-order valence-electron chi connectivity index (χ1n) is 11.4. The second-order valence-electron chi connectivity index (χ2n) is 7.68. The van der Waals surface area contributed by atoms with Gasteiger partial charge in [-0.25, -0.2) is 0 Å². The Balaban J connectivity index is 3.28. The Morgan fingerprint density at radius 2 is 1.33 bits per heavy atom. The van der Waals surface area contributed by atoms with Gasteiger partial charge in [0.15, 0.2) is 0 Å². The van der Waals surface area contributed by atoms with Crippen LogP contribution in [-0.2, 0) is 4.79 Å². The molecule has 27 heavy (non-hydrogen) atoms. The van der Waals surface area contributed by atoms with Crippen LogP contribution in [0.15, 0.2) is 24.3 Å². The van der Waals surface area contributed by atoms with Crippen molar-refractivity contribution in [2.75, 3.05) is 0 Å². The highest BCUT2D eigenvalue weighted by Crippen LogP contribution is 2.13. The van der Waals surface area contributed by atoms with Gasteiger partial charge in [0.05, 0.1) is 6.10 Å². The third-order valence-electron chi connectivity index (χ3n) is 4.92. The Bertz CT molecular complexity index is 374. The SMILES string of the molecule is CCCCC=CCC=CCC(O)CCCCCCCCCCCCC(=O)O. The summed E-state index contributed by atoms with van der Waals surface area (Å²) in [5.74, 6) is -0.675. The largest absolute Gasteiger partial charge is 0.481 e. The number of hydrogen-bond donors (Lipinski definition) is 2. The summed E-state index contributed by atoms with van der Waals surface area (Å²) in [6.45, 7) is 2.21. The number of allylic oxidation sites excluding steroid dienone is 3. The van der Waals surface area contributed by atoms with Gasteiger partial charge in [0.25, 0.3) is 0 Å². The van der Waals surface area contributed by atoms with Gasteiger partial charge in [-0.05, 0) is 32.1 Å². The Morgan fingerprint density at radius 3 is 1.93 bits per heavy atom. The lowest BCUT2D eigenvalue weighted by Crippen LogP contribution is -2.04. The maximum atomic E-state index is 10.4. The fourth-order valence-electron chi connectivity index (χ4n) is 3.15. The second kappa shape index (κ2) is 21.2. The van der Waals surface area contributed by atoms with Crippen molar-refractivity contribution in [2.24, 2.45) is 0 Å². The zero-order valence-electron chi connectivity index (χ0n) is 17.7. The fraction of sp³-hybridized carbons (Fsp3) is 0.792. The smallest absolute Gasteiger partial charge is 0.303 e. The summed E-state index contributed by atoms with van der Waals surface area (Å²) in [6.07, 6.45) is 27.0. The molecular weight excluding hydrogens is 336 g/mol. The first-order valence-corrected chi connectivity index (χ1v) is 11.4. The zero-order chi connectivity index (χ0) is 20.0. The molecule has 0 amide bonds. The van der Waals surface area contributed by atoms with Gasteiger partial charge >= 0.3 is 5.97 Å². The lowest BCUT2D eigenvalue weighted by molar-refractivity contribution is -0.137. The number of carboxylic acid groups (broad SMARTS) is 1. The van der Waals surface area contributed by atoms with Gasteiger partial charge in [-0.3, -0.25) is 4.79 Å². The number of unbranched alkanes of at least 4 members (excludes halogenated alkanes) is 11. The van der Waals surface area contributed by atoms with Crippen LogP contribution in [0, 0.1) is 0 Å². The zero-order valence-corrected chi connectivity index (χ0v) is 17.7. The molecule has 0 aliphatic heterocycles. The van der Waals surface area contributed by atoms with E-state index in [0.29, 0.717) is 6.42 Å². The molecular formula is C24H44O3. The number of aliphatic hydroxyl groups is 1. The molecule has 0 heterocycles. The molecule has 0 aromatic heterocycles. The topological polar surface area (TPSA) is 57.5 Å². The number of aliphatic carboxylic acids is 1. The fourth-order valence-corrected chi connectivity index (χ4v) is 3.15. The van der Waals surface area contributed by atoms with E-state index in [-0.39, 0.29) is 6.10 Å². The summed E-state index contributed by atoms with van der Waals surface area (Å²) in [5, 5.41) is 18.6. The van der Waals surface area contributed by atoms with Crippen LogP contribution in [0.3, 0.4) is 0 Å². The van der Waals surface area contributed by atoms with Crippen molar-refractivity contribution in [3.8, 4) is 0 Å². The van der Waals surface area contributed by atoms with Crippen LogP contribution in [0.5, 0.6) is 0 Å². The Hall–Kier alpha value is -1.09. The van der Waals surface area contributed by atoms with Crippen molar-refractivity contribution in [3.63, 3.8) is 0 Å². The predicted octanol–water partition coefficient (Wildman–Crippen LogP) is 7.20. The number of carbonyl (C=O) groups is 1. The van der Waals surface area contributed by atoms with Crippen LogP contribution < -0.4 is 0 Å². The third-order valence-corrected chi connectivity index (χ3v) is 4.92. The predicted molar refractivity (Wildman–Crippen MR) is 116 cm³/mol. The van der Waals surface area contributed by atoms with Crippen molar-refractivity contribution in [2.45, 2.75) is 122 Å². The standard InChI is InChI=1S/C24H44O3/c1-2-3-4-5-6-11-14-17-20-23(25)21-18-15-12-9-7-8-10-13-16-19-22-24(26)27/h5-6,14,17,23,25H,2-4,7-13,15-16,18-22H2,1H3,(H,26,27). The van der Waals surface area contributed by atoms with Gasteiger partial charge < -0.3 is 10.2 Å². The van der Waals surface area contributed by atoms with E-state index in [1.165, 1.54) is 64.2 Å². The van der Waals surface area contributed by atoms with Gasteiger partial charge in [-0.1, -0.05) is 102 Å². The molecule has 0 rings (SSSR count). The van der Waals surface area contributed by atoms with E-state index in [1.54, 1.807) is 0 Å². The van der Waals surface area contributed by atoms with Crippen molar-refractivity contribution >= 4 is 5.97 Å². The number of rotatable bonds is 20. The summed E-state index contributed by atoms with van der Waals surface area (Å²) in [7, 11) is 0. The van der Waals surface area contributed by atoms with Crippen LogP contribution >= 0.6 is 0 Å². The molecule has 0 radical (unpaired) electrons. The molecule has 158 valence electrons. The van der Waals surface area contributed by atoms with E-state index in [9.17, 15) is 9.90 Å². The molecule has 0 bridgehead atoms. The minimum atomic E-state index is -0.675. The van der Waals surface area contributed by atoms with E-state index in [4.69, 9.17) is 5.11 Å². The van der Waals surface area contributed by atoms with E-state index >= 15 is 0 Å². The van der Waals surface area contributed by atoms with E-state index in [0.717, 1.165) is 38.5 Å². The maximum Gasteiger partial charge on any atom is 0.303 e. The molecule has 1 unspecified atom stereocenters. The Morgan fingerprint density at radius 1 is 0.778 bits per heavy atom. The molecule has 2 N–H and O–H groups in total. The van der Waals surface area contributed by atoms with E-state index in [1.807, 2.05) is 0 Å². The second-order valence-corrected chi connectivity index (χ2v) is 7.68. The first kappa shape index (κ1) is 25.9. The molecule has 0 aromatic carbocycles. The summed E-state index contributed by atoms with van der Waals surface area (Å²) in [5.41, 5.74) is 0. The van der Waals surface area contributed by atoms with Crippen molar-refractivity contribution in [3.05, 3.63) is 24.3 Å². The molecule has 0 saturated heterocycles. The normalized spacial score (nSPS) is 13.0. The molecule has 3 nitrogen and oxygen atoms in total. The molecule has 0 aliphatic rings. The van der Waals surface area contributed by atoms with Crippen LogP contribution in [0.25, 0.3) is 0 Å². The average molecular weight is 381 g/mol. The molecule has 1 atom stereocenters. The molecule has 0 spiro atoms. The maximum absolute atomic E-state index is 10.4. The van der Waals surface area contributed by atoms with Crippen molar-refractivity contribution in [1.29, 1.82) is 0 Å². The van der Waals surface area contributed by atoms with Gasteiger partial charge in [0, 0.05) is 6.42 Å². The van der Waals surface area contributed by atoms with Gasteiger partial charge in [0.1, 0.15) is 0 Å². The summed E-state index contributed by atoms with van der Waals surface area (Å²) >= 11 is 0. The molecule has 3 heteroatoms. The highest BCUT2D eigenvalue weighted by Gasteiger charge is 2.01. The monoisotopic (exact) mass is 380 g/mol. The lowest BCUT2D eigenvalue weighted by atomic mass is 10.0. The number of carboxylic acids is 1. The van der Waals surface area contributed by atoms with Crippen LogP contribution in [0.4, 0.5) is 0 Å². The highest BCUT2D eigenvalue weighted by molar-refractivity contribution is 5.66. The highest BCUT2D eigenvalue weighted by atomic mass is 16.4. The minimum absolute atomic E-state index is 0.184. The minimum Gasteiger partial charge on any atom is -0.481 e. The molecule has 0 aliphatic carbocycles. The quantitative estimate of drug-likeness (QED) is 0.173. The molecule has 0 aromatic rings. The first-order chi connectivity index (χ1) is 13.2. The summed E-state index contributed by atoms with van der Waals surface area (Å²) in [4.78, 5) is 10.4. The van der Waals surface area contributed by atoms with E-state index in [2.05, 4.69) is 31.2 Å². The van der Waals surface area contributed by atoms with E-state index < -0.39 is 5.97 Å². The third kappa shape index (κ3) is 22.9. The summed E-state index contributed by atoms with van der Waals surface area (Å²) < 4.78 is 0. The van der Waals surface area contributed by atoms with Crippen LogP contribution in [0.2, 0.25) is 0 Å². The average Bonchev–Trinajstić information content (AvgIpc) is 2.64. The van der Waals surface area contributed by atoms with Crippen LogP contribution in [-0.4, -0.2) is 22.3 Å². The van der Waals surface area contributed by atoms with Crippen LogP contribution in [0.1, 0.15) is 116 Å². The van der Waals surface area contributed by atoms with Gasteiger partial charge in [-0.15, -0.1) is 0 Å². The molecule has 0 saturated carbocycles.